The van der Waals surface area contributed by atoms with Gasteiger partial charge in [0.1, 0.15) is 7.11 Å². The second kappa shape index (κ2) is 5.07. The van der Waals surface area contributed by atoms with Crippen LogP contribution in [0.3, 0.4) is 0 Å². The number of allylic oxidation sites excluding steroid dienone is 2. The minimum atomic E-state index is 0.188. The molecule has 0 aromatic rings. The summed E-state index contributed by atoms with van der Waals surface area (Å²) in [7, 11) is 1.68. The van der Waals surface area contributed by atoms with Gasteiger partial charge >= 0.3 is 0 Å². The normalized spacial score (nSPS) is 38.6. The van der Waals surface area contributed by atoms with Crippen LogP contribution in [0.15, 0.2) is 16.8 Å². The maximum absolute atomic E-state index is 5.19. The smallest absolute Gasteiger partial charge is 0.106 e. The lowest BCUT2D eigenvalue weighted by Gasteiger charge is -2.44. The summed E-state index contributed by atoms with van der Waals surface area (Å²) in [6.45, 7) is 9.26. The van der Waals surface area contributed by atoms with E-state index >= 15 is 0 Å². The van der Waals surface area contributed by atoms with Gasteiger partial charge in [-0.15, -0.1) is 0 Å². The van der Waals surface area contributed by atoms with Crippen LogP contribution in [0, 0.1) is 23.2 Å². The monoisotopic (exact) mass is 249 g/mol. The number of nitrogens with zero attached hydrogens (tertiary/aromatic N) is 1. The van der Waals surface area contributed by atoms with E-state index in [-0.39, 0.29) is 5.41 Å². The van der Waals surface area contributed by atoms with Crippen molar-refractivity contribution in [1.82, 2.24) is 0 Å². The van der Waals surface area contributed by atoms with E-state index < -0.39 is 0 Å². The Labute approximate surface area is 111 Å². The lowest BCUT2D eigenvalue weighted by molar-refractivity contribution is 0.179. The van der Waals surface area contributed by atoms with Crippen LogP contribution in [-0.4, -0.2) is 12.8 Å². The third-order valence-corrected chi connectivity index (χ3v) is 5.05. The molecule has 0 saturated heterocycles. The third kappa shape index (κ3) is 2.10. The number of hydrogen-bond acceptors (Lipinski definition) is 2. The first kappa shape index (κ1) is 13.6. The summed E-state index contributed by atoms with van der Waals surface area (Å²) in [5, 5.41) is 4.48. The van der Waals surface area contributed by atoms with Crippen LogP contribution < -0.4 is 0 Å². The van der Waals surface area contributed by atoms with Crippen molar-refractivity contribution in [1.29, 1.82) is 0 Å². The van der Waals surface area contributed by atoms with Gasteiger partial charge in [-0.25, -0.2) is 0 Å². The van der Waals surface area contributed by atoms with Gasteiger partial charge in [0.25, 0.3) is 0 Å². The van der Waals surface area contributed by atoms with Gasteiger partial charge in [0.2, 0.25) is 0 Å². The van der Waals surface area contributed by atoms with Crippen molar-refractivity contribution in [2.75, 3.05) is 7.11 Å². The van der Waals surface area contributed by atoms with Gasteiger partial charge in [-0.2, -0.15) is 0 Å². The summed E-state index contributed by atoms with van der Waals surface area (Å²) in [6.07, 6.45) is 7.51. The zero-order chi connectivity index (χ0) is 13.3. The molecule has 2 nitrogen and oxygen atoms in total. The molecule has 3 atom stereocenters. The maximum Gasteiger partial charge on any atom is 0.106 e. The Hall–Kier alpha value is -0.790. The standard InChI is InChI=1S/C16H27NO/c1-11(2)14-7-6-13(4)16(15(14)17-18-5)9-8-12(3)10-16/h10-11,13-14H,6-9H2,1-5H3/b17-15+/t13-,14+,16?/m0/s1. The molecule has 1 fully saturated rings. The lowest BCUT2D eigenvalue weighted by atomic mass is 9.60. The molecule has 2 rings (SSSR count). The molecule has 0 amide bonds. The first-order chi connectivity index (χ1) is 8.51. The Morgan fingerprint density at radius 2 is 2.11 bits per heavy atom. The second-order valence-electron chi connectivity index (χ2n) is 6.52. The highest BCUT2D eigenvalue weighted by Crippen LogP contribution is 2.51. The average molecular weight is 249 g/mol. The van der Waals surface area contributed by atoms with E-state index in [1.165, 1.54) is 37.0 Å². The Kier molecular flexibility index (Phi) is 3.84. The predicted octanol–water partition coefficient (Wildman–Crippen LogP) is 4.42. The van der Waals surface area contributed by atoms with Gasteiger partial charge in [-0.3, -0.25) is 0 Å². The van der Waals surface area contributed by atoms with Crippen LogP contribution in [0.5, 0.6) is 0 Å². The number of hydrogen-bond donors (Lipinski definition) is 0. The summed E-state index contributed by atoms with van der Waals surface area (Å²) in [5.41, 5.74) is 3.03. The summed E-state index contributed by atoms with van der Waals surface area (Å²) in [5.74, 6) is 1.93. The molecule has 1 unspecified atom stereocenters. The fraction of sp³-hybridized carbons (Fsp3) is 0.812. The van der Waals surface area contributed by atoms with Crippen LogP contribution in [0.2, 0.25) is 0 Å². The van der Waals surface area contributed by atoms with Gasteiger partial charge in [0.15, 0.2) is 0 Å². The Bertz CT molecular complexity index is 369. The zero-order valence-electron chi connectivity index (χ0n) is 12.5. The Morgan fingerprint density at radius 1 is 1.39 bits per heavy atom. The van der Waals surface area contributed by atoms with Gasteiger partial charge in [0, 0.05) is 11.3 Å². The van der Waals surface area contributed by atoms with E-state index in [4.69, 9.17) is 4.84 Å². The van der Waals surface area contributed by atoms with Gasteiger partial charge in [0.05, 0.1) is 5.71 Å². The van der Waals surface area contributed by atoms with E-state index in [0.717, 1.165) is 0 Å². The van der Waals surface area contributed by atoms with Crippen molar-refractivity contribution in [2.24, 2.45) is 28.3 Å². The molecule has 102 valence electrons. The number of oxime groups is 1. The zero-order valence-corrected chi connectivity index (χ0v) is 12.5. The summed E-state index contributed by atoms with van der Waals surface area (Å²) < 4.78 is 0. The molecule has 0 bridgehead atoms. The van der Waals surface area contributed by atoms with Crippen LogP contribution in [-0.2, 0) is 4.84 Å². The second-order valence-corrected chi connectivity index (χ2v) is 6.52. The first-order valence-electron chi connectivity index (χ1n) is 7.31. The van der Waals surface area contributed by atoms with Crippen LogP contribution in [0.1, 0.15) is 53.4 Å². The fourth-order valence-corrected chi connectivity index (χ4v) is 3.90. The van der Waals surface area contributed by atoms with E-state index in [2.05, 4.69) is 38.9 Å². The molecular weight excluding hydrogens is 222 g/mol. The summed E-state index contributed by atoms with van der Waals surface area (Å²) in [6, 6.07) is 0. The molecule has 1 saturated carbocycles. The molecule has 0 aromatic heterocycles. The van der Waals surface area contributed by atoms with Crippen LogP contribution in [0.4, 0.5) is 0 Å². The highest BCUT2D eigenvalue weighted by Gasteiger charge is 2.48. The SMILES string of the molecule is CO/N=C1\[C@@H](C(C)C)CC[C@H](C)C12C=C(C)CC2. The van der Waals surface area contributed by atoms with Crippen LogP contribution in [0.25, 0.3) is 0 Å². The van der Waals surface area contributed by atoms with Crippen molar-refractivity contribution >= 4 is 5.71 Å². The first-order valence-corrected chi connectivity index (χ1v) is 7.31. The van der Waals surface area contributed by atoms with Crippen molar-refractivity contribution < 1.29 is 4.84 Å². The quantitative estimate of drug-likeness (QED) is 0.524. The van der Waals surface area contributed by atoms with E-state index in [1.807, 2.05) is 0 Å². The molecule has 0 aliphatic heterocycles. The minimum Gasteiger partial charge on any atom is -0.399 e. The van der Waals surface area contributed by atoms with E-state index in [0.29, 0.717) is 17.8 Å². The van der Waals surface area contributed by atoms with E-state index in [9.17, 15) is 0 Å². The average Bonchev–Trinajstić information content (AvgIpc) is 2.69. The Morgan fingerprint density at radius 3 is 2.61 bits per heavy atom. The molecule has 0 radical (unpaired) electrons. The Balaban J connectivity index is 2.43. The van der Waals surface area contributed by atoms with Gasteiger partial charge < -0.3 is 4.84 Å². The molecule has 0 heterocycles. The maximum atomic E-state index is 5.19. The van der Waals surface area contributed by atoms with Crippen molar-refractivity contribution in [3.63, 3.8) is 0 Å². The van der Waals surface area contributed by atoms with Crippen molar-refractivity contribution in [2.45, 2.75) is 53.4 Å². The lowest BCUT2D eigenvalue weighted by Crippen LogP contribution is -2.44. The van der Waals surface area contributed by atoms with Crippen molar-refractivity contribution in [3.05, 3.63) is 11.6 Å². The molecule has 18 heavy (non-hydrogen) atoms. The summed E-state index contributed by atoms with van der Waals surface area (Å²) in [4.78, 5) is 5.19. The fourth-order valence-electron chi connectivity index (χ4n) is 3.90. The van der Waals surface area contributed by atoms with Gasteiger partial charge in [-0.1, -0.05) is 37.6 Å². The van der Waals surface area contributed by atoms with Crippen molar-refractivity contribution in [3.8, 4) is 0 Å². The topological polar surface area (TPSA) is 21.6 Å². The largest absolute Gasteiger partial charge is 0.399 e. The summed E-state index contributed by atoms with van der Waals surface area (Å²) >= 11 is 0. The molecule has 2 aliphatic carbocycles. The third-order valence-electron chi connectivity index (χ3n) is 5.05. The predicted molar refractivity (Wildman–Crippen MR) is 76.6 cm³/mol. The molecule has 2 aliphatic rings. The van der Waals surface area contributed by atoms with E-state index in [1.54, 1.807) is 7.11 Å². The highest BCUT2D eigenvalue weighted by molar-refractivity contribution is 5.95. The molecular formula is C16H27NO. The molecule has 2 heteroatoms. The minimum absolute atomic E-state index is 0.188. The number of rotatable bonds is 2. The highest BCUT2D eigenvalue weighted by atomic mass is 16.6. The molecule has 1 spiro atoms. The van der Waals surface area contributed by atoms with Crippen LogP contribution >= 0.6 is 0 Å². The van der Waals surface area contributed by atoms with Gasteiger partial charge in [-0.05, 0) is 44.4 Å². The molecule has 0 aromatic carbocycles. The molecule has 0 N–H and O–H groups in total.